The number of hydrogen-bond donors (Lipinski definition) is 1. The molecule has 128 valence electrons. The lowest BCUT2D eigenvalue weighted by Crippen LogP contribution is -2.14. The van der Waals surface area contributed by atoms with Crippen molar-refractivity contribution in [1.82, 2.24) is 0 Å². The van der Waals surface area contributed by atoms with Crippen molar-refractivity contribution in [3.63, 3.8) is 0 Å². The normalized spacial score (nSPS) is 10.3. The van der Waals surface area contributed by atoms with Crippen LogP contribution in [0.25, 0.3) is 0 Å². The molecule has 0 aliphatic heterocycles. The van der Waals surface area contributed by atoms with Crippen molar-refractivity contribution in [3.05, 3.63) is 53.1 Å². The Hall–Kier alpha value is -2.49. The summed E-state index contributed by atoms with van der Waals surface area (Å²) in [6.07, 6.45) is 1.78. The zero-order chi connectivity index (χ0) is 17.5. The first-order valence-corrected chi connectivity index (χ1v) is 8.31. The van der Waals surface area contributed by atoms with E-state index in [-0.39, 0.29) is 5.91 Å². The number of nitrogens with one attached hydrogen (secondary N) is 1. The van der Waals surface area contributed by atoms with Crippen LogP contribution in [0, 0.1) is 6.92 Å². The fraction of sp³-hybridized carbons (Fsp3) is 0.350. The average molecular weight is 327 g/mol. The highest BCUT2D eigenvalue weighted by atomic mass is 16.5. The summed E-state index contributed by atoms with van der Waals surface area (Å²) in [5.74, 6) is 1.07. The molecule has 0 heterocycles. The molecule has 2 aromatic rings. The number of methoxy groups -OCH3 is 1. The lowest BCUT2D eigenvalue weighted by Gasteiger charge is -2.14. The smallest absolute Gasteiger partial charge is 0.255 e. The van der Waals surface area contributed by atoms with E-state index in [0.717, 1.165) is 29.7 Å². The number of benzene rings is 2. The van der Waals surface area contributed by atoms with Gasteiger partial charge in [0.25, 0.3) is 5.91 Å². The molecule has 0 saturated heterocycles. The topological polar surface area (TPSA) is 47.6 Å². The largest absolute Gasteiger partial charge is 0.493 e. The number of para-hydroxylation sites is 1. The van der Waals surface area contributed by atoms with Crippen molar-refractivity contribution in [3.8, 4) is 11.5 Å². The van der Waals surface area contributed by atoms with Gasteiger partial charge in [0.15, 0.2) is 11.5 Å². The van der Waals surface area contributed by atoms with E-state index in [1.165, 1.54) is 0 Å². The fourth-order valence-electron chi connectivity index (χ4n) is 2.53. The number of aryl methyl sites for hydroxylation is 2. The molecule has 0 aromatic heterocycles. The molecule has 1 amide bonds. The number of anilines is 1. The molecule has 0 spiro atoms. The van der Waals surface area contributed by atoms with Crippen LogP contribution in [0.1, 0.15) is 41.8 Å². The Kier molecular flexibility index (Phi) is 6.24. The van der Waals surface area contributed by atoms with Crippen molar-refractivity contribution >= 4 is 11.6 Å². The Morgan fingerprint density at radius 3 is 2.58 bits per heavy atom. The Morgan fingerprint density at radius 1 is 1.12 bits per heavy atom. The van der Waals surface area contributed by atoms with E-state index in [0.29, 0.717) is 23.7 Å². The summed E-state index contributed by atoms with van der Waals surface area (Å²) in [4.78, 5) is 12.6. The molecule has 0 aliphatic rings. The first-order chi connectivity index (χ1) is 11.6. The molecular weight excluding hydrogens is 302 g/mol. The van der Waals surface area contributed by atoms with Gasteiger partial charge in [-0.3, -0.25) is 4.79 Å². The third-order valence-corrected chi connectivity index (χ3v) is 3.87. The molecule has 4 nitrogen and oxygen atoms in total. The molecule has 2 aromatic carbocycles. The number of hydrogen-bond acceptors (Lipinski definition) is 3. The van der Waals surface area contributed by atoms with Crippen molar-refractivity contribution < 1.29 is 14.3 Å². The van der Waals surface area contributed by atoms with Crippen molar-refractivity contribution in [1.29, 1.82) is 0 Å². The van der Waals surface area contributed by atoms with E-state index in [1.807, 2.05) is 32.0 Å². The predicted octanol–water partition coefficient (Wildman–Crippen LogP) is 4.61. The highest BCUT2D eigenvalue weighted by Crippen LogP contribution is 2.29. The van der Waals surface area contributed by atoms with E-state index in [9.17, 15) is 4.79 Å². The van der Waals surface area contributed by atoms with E-state index in [4.69, 9.17) is 9.47 Å². The van der Waals surface area contributed by atoms with Gasteiger partial charge in [-0.25, -0.2) is 0 Å². The third kappa shape index (κ3) is 4.07. The average Bonchev–Trinajstić information content (AvgIpc) is 2.61. The molecular formula is C20H25NO3. The molecule has 0 unspecified atom stereocenters. The lowest BCUT2D eigenvalue weighted by atomic mass is 10.1. The van der Waals surface area contributed by atoms with Crippen LogP contribution in [0.3, 0.4) is 0 Å². The van der Waals surface area contributed by atoms with E-state index in [1.54, 1.807) is 25.3 Å². The molecule has 0 saturated carbocycles. The highest BCUT2D eigenvalue weighted by Gasteiger charge is 2.13. The first-order valence-electron chi connectivity index (χ1n) is 8.31. The summed E-state index contributed by atoms with van der Waals surface area (Å²) in [6, 6.07) is 11.3. The van der Waals surface area contributed by atoms with Crippen LogP contribution in [0.15, 0.2) is 36.4 Å². The highest BCUT2D eigenvalue weighted by molar-refractivity contribution is 6.05. The number of carbonyl (C=O) groups excluding carboxylic acids is 1. The molecule has 0 atom stereocenters. The summed E-state index contributed by atoms with van der Waals surface area (Å²) < 4.78 is 11.0. The van der Waals surface area contributed by atoms with E-state index < -0.39 is 0 Å². The van der Waals surface area contributed by atoms with Gasteiger partial charge in [0.2, 0.25) is 0 Å². The molecule has 0 bridgehead atoms. The van der Waals surface area contributed by atoms with E-state index >= 15 is 0 Å². The van der Waals surface area contributed by atoms with Gasteiger partial charge in [-0.15, -0.1) is 0 Å². The van der Waals surface area contributed by atoms with Gasteiger partial charge in [0.1, 0.15) is 0 Å². The second-order valence-corrected chi connectivity index (χ2v) is 5.63. The summed E-state index contributed by atoms with van der Waals surface area (Å²) in [7, 11) is 1.58. The summed E-state index contributed by atoms with van der Waals surface area (Å²) in [5, 5.41) is 3.02. The monoisotopic (exact) mass is 327 g/mol. The maximum atomic E-state index is 12.6. The minimum Gasteiger partial charge on any atom is -0.493 e. The number of amides is 1. The van der Waals surface area contributed by atoms with Crippen LogP contribution in [-0.2, 0) is 6.42 Å². The van der Waals surface area contributed by atoms with Crippen LogP contribution in [0.4, 0.5) is 5.69 Å². The Balaban J connectivity index is 2.24. The minimum absolute atomic E-state index is 0.153. The summed E-state index contributed by atoms with van der Waals surface area (Å²) in [6.45, 7) is 6.73. The van der Waals surface area contributed by atoms with Crippen LogP contribution in [-0.4, -0.2) is 19.6 Å². The Bertz CT molecular complexity index is 710. The molecule has 2 rings (SSSR count). The van der Waals surface area contributed by atoms with Gasteiger partial charge in [-0.05, 0) is 49.1 Å². The van der Waals surface area contributed by atoms with Crippen LogP contribution in [0.5, 0.6) is 11.5 Å². The van der Waals surface area contributed by atoms with Gasteiger partial charge < -0.3 is 14.8 Å². The minimum atomic E-state index is -0.153. The lowest BCUT2D eigenvalue weighted by molar-refractivity contribution is 0.102. The van der Waals surface area contributed by atoms with Gasteiger partial charge in [0.05, 0.1) is 13.7 Å². The van der Waals surface area contributed by atoms with Crippen LogP contribution in [0.2, 0.25) is 0 Å². The molecule has 0 aliphatic carbocycles. The fourth-order valence-corrected chi connectivity index (χ4v) is 2.53. The van der Waals surface area contributed by atoms with Crippen LogP contribution >= 0.6 is 0 Å². The van der Waals surface area contributed by atoms with Gasteiger partial charge in [-0.1, -0.05) is 32.0 Å². The second-order valence-electron chi connectivity index (χ2n) is 5.63. The molecule has 0 radical (unpaired) electrons. The molecule has 1 N–H and O–H groups in total. The SMILES string of the molecule is CCCOc1ccc(C(=O)Nc2c(C)cccc2CC)cc1OC. The Morgan fingerprint density at radius 2 is 1.92 bits per heavy atom. The molecule has 0 fully saturated rings. The zero-order valence-electron chi connectivity index (χ0n) is 14.8. The first kappa shape index (κ1) is 17.9. The van der Waals surface area contributed by atoms with Gasteiger partial charge in [-0.2, -0.15) is 0 Å². The molecule has 24 heavy (non-hydrogen) atoms. The number of ether oxygens (including phenoxy) is 2. The summed E-state index contributed by atoms with van der Waals surface area (Å²) >= 11 is 0. The van der Waals surface area contributed by atoms with Crippen molar-refractivity contribution in [2.24, 2.45) is 0 Å². The van der Waals surface area contributed by atoms with Crippen molar-refractivity contribution in [2.45, 2.75) is 33.6 Å². The maximum absolute atomic E-state index is 12.6. The molecule has 4 heteroatoms. The van der Waals surface area contributed by atoms with Crippen molar-refractivity contribution in [2.75, 3.05) is 19.0 Å². The zero-order valence-corrected chi connectivity index (χ0v) is 14.8. The Labute approximate surface area is 143 Å². The van der Waals surface area contributed by atoms with Crippen LogP contribution < -0.4 is 14.8 Å². The standard InChI is InChI=1S/C20H25NO3/c1-5-12-24-17-11-10-16(13-18(17)23-4)20(22)21-19-14(3)8-7-9-15(19)6-2/h7-11,13H,5-6,12H2,1-4H3,(H,21,22). The van der Waals surface area contributed by atoms with Gasteiger partial charge >= 0.3 is 0 Å². The van der Waals surface area contributed by atoms with E-state index in [2.05, 4.69) is 12.2 Å². The predicted molar refractivity (Wildman–Crippen MR) is 97.3 cm³/mol. The third-order valence-electron chi connectivity index (χ3n) is 3.87. The number of rotatable bonds is 7. The quantitative estimate of drug-likeness (QED) is 0.808. The van der Waals surface area contributed by atoms with Gasteiger partial charge in [0, 0.05) is 11.3 Å². The maximum Gasteiger partial charge on any atom is 0.255 e. The number of carbonyl (C=O) groups is 1. The summed E-state index contributed by atoms with van der Waals surface area (Å²) in [5.41, 5.74) is 3.60. The second kappa shape index (κ2) is 8.39.